The highest BCUT2D eigenvalue weighted by atomic mass is 19.1. The van der Waals surface area contributed by atoms with Crippen molar-refractivity contribution in [3.05, 3.63) is 53.8 Å². The zero-order valence-corrected chi connectivity index (χ0v) is 17.6. The van der Waals surface area contributed by atoms with Crippen molar-refractivity contribution in [1.82, 2.24) is 4.90 Å². The molecule has 0 bridgehead atoms. The van der Waals surface area contributed by atoms with E-state index in [9.17, 15) is 14.0 Å². The molecule has 2 unspecified atom stereocenters. The Labute approximate surface area is 176 Å². The number of carbonyl (C=O) groups is 2. The number of hydrogen-bond donors (Lipinski definition) is 1. The van der Waals surface area contributed by atoms with Crippen LogP contribution in [0.1, 0.15) is 38.7 Å². The van der Waals surface area contributed by atoms with Gasteiger partial charge in [0.1, 0.15) is 11.9 Å². The van der Waals surface area contributed by atoms with E-state index in [1.807, 2.05) is 32.0 Å². The first-order valence-corrected chi connectivity index (χ1v) is 9.99. The van der Waals surface area contributed by atoms with E-state index < -0.39 is 11.9 Å². The minimum atomic E-state index is -0.671. The lowest BCUT2D eigenvalue weighted by Gasteiger charge is -2.24. The van der Waals surface area contributed by atoms with Crippen molar-refractivity contribution in [3.63, 3.8) is 0 Å². The fourth-order valence-electron chi connectivity index (χ4n) is 3.58. The molecule has 160 valence electrons. The number of anilines is 1. The van der Waals surface area contributed by atoms with E-state index in [1.165, 1.54) is 18.2 Å². The quantitative estimate of drug-likeness (QED) is 0.745. The molecule has 1 aliphatic rings. The molecule has 2 atom stereocenters. The summed E-state index contributed by atoms with van der Waals surface area (Å²) >= 11 is 0. The summed E-state index contributed by atoms with van der Waals surface area (Å²) in [5, 5.41) is 2.67. The average molecular weight is 414 g/mol. The molecule has 0 spiro atoms. The number of halogens is 1. The second kappa shape index (κ2) is 9.15. The van der Waals surface area contributed by atoms with E-state index in [0.29, 0.717) is 30.2 Å². The van der Waals surface area contributed by atoms with Crippen molar-refractivity contribution in [2.45, 2.75) is 45.3 Å². The van der Waals surface area contributed by atoms with Crippen LogP contribution < -0.4 is 14.8 Å². The van der Waals surface area contributed by atoms with Crippen molar-refractivity contribution in [3.8, 4) is 11.5 Å². The number of benzene rings is 2. The molecular formula is C23H27FN2O4. The van der Waals surface area contributed by atoms with Crippen LogP contribution in [-0.4, -0.2) is 42.5 Å². The molecule has 2 aromatic carbocycles. The van der Waals surface area contributed by atoms with Crippen molar-refractivity contribution in [2.75, 3.05) is 19.0 Å². The van der Waals surface area contributed by atoms with Crippen LogP contribution in [0, 0.1) is 5.82 Å². The summed E-state index contributed by atoms with van der Waals surface area (Å²) < 4.78 is 24.5. The summed E-state index contributed by atoms with van der Waals surface area (Å²) in [6.07, 6.45) is 0.299. The number of nitrogens with one attached hydrogen (secondary N) is 1. The van der Waals surface area contributed by atoms with Gasteiger partial charge < -0.3 is 19.7 Å². The first-order chi connectivity index (χ1) is 14.3. The third kappa shape index (κ3) is 4.90. The highest BCUT2D eigenvalue weighted by molar-refractivity contribution is 5.97. The van der Waals surface area contributed by atoms with E-state index in [1.54, 1.807) is 25.0 Å². The van der Waals surface area contributed by atoms with Gasteiger partial charge in [-0.1, -0.05) is 12.1 Å². The SMILES string of the molecule is COc1ccc(C2CC(=O)N(C(C)C(=O)Nc3cccc(F)c3)C2)cc1OC(C)C. The van der Waals surface area contributed by atoms with Gasteiger partial charge in [-0.25, -0.2) is 4.39 Å². The average Bonchev–Trinajstić information content (AvgIpc) is 3.08. The zero-order valence-electron chi connectivity index (χ0n) is 17.6. The Kier molecular flexibility index (Phi) is 6.59. The van der Waals surface area contributed by atoms with Crippen LogP contribution in [0.15, 0.2) is 42.5 Å². The number of carbonyl (C=O) groups excluding carboxylic acids is 2. The standard InChI is InChI=1S/C23H27FN2O4/c1-14(2)30-21-10-16(8-9-20(21)29-4)17-11-22(27)26(13-17)15(3)23(28)25-19-7-5-6-18(24)12-19/h5-10,12,14-15,17H,11,13H2,1-4H3,(H,25,28). The van der Waals surface area contributed by atoms with Crippen molar-refractivity contribution in [1.29, 1.82) is 0 Å². The fourth-order valence-corrected chi connectivity index (χ4v) is 3.58. The van der Waals surface area contributed by atoms with Crippen molar-refractivity contribution < 1.29 is 23.5 Å². The Morgan fingerprint density at radius 2 is 1.93 bits per heavy atom. The summed E-state index contributed by atoms with van der Waals surface area (Å²) in [4.78, 5) is 26.8. The lowest BCUT2D eigenvalue weighted by atomic mass is 9.98. The van der Waals surface area contributed by atoms with Gasteiger partial charge in [0.05, 0.1) is 13.2 Å². The smallest absolute Gasteiger partial charge is 0.246 e. The number of amides is 2. The van der Waals surface area contributed by atoms with E-state index in [0.717, 1.165) is 5.56 Å². The Balaban J connectivity index is 1.72. The lowest BCUT2D eigenvalue weighted by molar-refractivity contribution is -0.134. The molecule has 0 aliphatic carbocycles. The fraction of sp³-hybridized carbons (Fsp3) is 0.391. The van der Waals surface area contributed by atoms with Gasteiger partial charge in [-0.3, -0.25) is 9.59 Å². The Morgan fingerprint density at radius 3 is 2.60 bits per heavy atom. The molecule has 2 aromatic rings. The molecule has 0 aromatic heterocycles. The highest BCUT2D eigenvalue weighted by Gasteiger charge is 2.36. The van der Waals surface area contributed by atoms with Gasteiger partial charge in [0.25, 0.3) is 0 Å². The third-order valence-corrected chi connectivity index (χ3v) is 5.12. The number of ether oxygens (including phenoxy) is 2. The predicted molar refractivity (Wildman–Crippen MR) is 112 cm³/mol. The van der Waals surface area contributed by atoms with Crippen LogP contribution in [0.4, 0.5) is 10.1 Å². The molecule has 6 nitrogen and oxygen atoms in total. The van der Waals surface area contributed by atoms with Gasteiger partial charge in [-0.05, 0) is 56.7 Å². The van der Waals surface area contributed by atoms with Crippen LogP contribution in [0.25, 0.3) is 0 Å². The molecule has 1 heterocycles. The van der Waals surface area contributed by atoms with Crippen molar-refractivity contribution in [2.24, 2.45) is 0 Å². The van der Waals surface area contributed by atoms with Crippen LogP contribution in [0.3, 0.4) is 0 Å². The molecule has 1 fully saturated rings. The molecule has 30 heavy (non-hydrogen) atoms. The topological polar surface area (TPSA) is 67.9 Å². The minimum Gasteiger partial charge on any atom is -0.493 e. The monoisotopic (exact) mass is 414 g/mol. The van der Waals surface area contributed by atoms with Crippen LogP contribution in [0.2, 0.25) is 0 Å². The first-order valence-electron chi connectivity index (χ1n) is 9.99. The van der Waals surface area contributed by atoms with Crippen molar-refractivity contribution >= 4 is 17.5 Å². The summed E-state index contributed by atoms with van der Waals surface area (Å²) in [5.41, 5.74) is 1.32. The zero-order chi connectivity index (χ0) is 21.8. The number of rotatable bonds is 7. The normalized spacial score (nSPS) is 17.2. The largest absolute Gasteiger partial charge is 0.493 e. The molecule has 3 rings (SSSR count). The van der Waals surface area contributed by atoms with Gasteiger partial charge in [0.2, 0.25) is 11.8 Å². The van der Waals surface area contributed by atoms with E-state index >= 15 is 0 Å². The van der Waals surface area contributed by atoms with E-state index in [2.05, 4.69) is 5.32 Å². The second-order valence-corrected chi connectivity index (χ2v) is 7.70. The van der Waals surface area contributed by atoms with Gasteiger partial charge in [0.15, 0.2) is 11.5 Å². The summed E-state index contributed by atoms with van der Waals surface area (Å²) in [6.45, 7) is 5.97. The first kappa shape index (κ1) is 21.6. The molecule has 0 radical (unpaired) electrons. The number of methoxy groups -OCH3 is 1. The molecule has 0 saturated carbocycles. The molecule has 1 saturated heterocycles. The number of likely N-dealkylation sites (tertiary alicyclic amines) is 1. The molecular weight excluding hydrogens is 387 g/mol. The Morgan fingerprint density at radius 1 is 1.17 bits per heavy atom. The third-order valence-electron chi connectivity index (χ3n) is 5.12. The van der Waals surface area contributed by atoms with Gasteiger partial charge in [-0.15, -0.1) is 0 Å². The van der Waals surface area contributed by atoms with E-state index in [4.69, 9.17) is 9.47 Å². The maximum Gasteiger partial charge on any atom is 0.246 e. The van der Waals surface area contributed by atoms with E-state index in [-0.39, 0.29) is 23.8 Å². The summed E-state index contributed by atoms with van der Waals surface area (Å²) in [7, 11) is 1.59. The minimum absolute atomic E-state index is 0.0117. The predicted octanol–water partition coefficient (Wildman–Crippen LogP) is 3.96. The van der Waals surface area contributed by atoms with Gasteiger partial charge >= 0.3 is 0 Å². The van der Waals surface area contributed by atoms with Crippen LogP contribution >= 0.6 is 0 Å². The lowest BCUT2D eigenvalue weighted by Crippen LogP contribution is -2.42. The van der Waals surface area contributed by atoms with Gasteiger partial charge in [0, 0.05) is 24.6 Å². The van der Waals surface area contributed by atoms with Gasteiger partial charge in [-0.2, -0.15) is 0 Å². The second-order valence-electron chi connectivity index (χ2n) is 7.70. The maximum absolute atomic E-state index is 13.4. The Bertz CT molecular complexity index is 931. The molecule has 1 aliphatic heterocycles. The summed E-state index contributed by atoms with van der Waals surface area (Å²) in [6, 6.07) is 10.7. The molecule has 1 N–H and O–H groups in total. The Hall–Kier alpha value is -3.09. The summed E-state index contributed by atoms with van der Waals surface area (Å²) in [5.74, 6) is 0.334. The highest BCUT2D eigenvalue weighted by Crippen LogP contribution is 2.36. The maximum atomic E-state index is 13.4. The number of hydrogen-bond acceptors (Lipinski definition) is 4. The van der Waals surface area contributed by atoms with Crippen LogP contribution in [0.5, 0.6) is 11.5 Å². The van der Waals surface area contributed by atoms with Crippen LogP contribution in [-0.2, 0) is 9.59 Å². The molecule has 2 amide bonds. The number of nitrogens with zero attached hydrogens (tertiary/aromatic N) is 1. The molecule has 7 heteroatoms.